The van der Waals surface area contributed by atoms with Crippen molar-refractivity contribution >= 4 is 12.6 Å². The minimum Gasteiger partial charge on any atom is -0.406 e. The van der Waals surface area contributed by atoms with Crippen molar-refractivity contribution in [2.24, 2.45) is 5.73 Å². The number of alkyl halides is 3. The molecule has 6 heteroatoms. The van der Waals surface area contributed by atoms with E-state index in [1.807, 2.05) is 6.92 Å². The molecule has 2 N–H and O–H groups in total. The highest BCUT2D eigenvalue weighted by atomic mass is 32.1. The van der Waals surface area contributed by atoms with Crippen LogP contribution in [-0.4, -0.2) is 12.4 Å². The highest BCUT2D eigenvalue weighted by Crippen LogP contribution is 2.27. The van der Waals surface area contributed by atoms with Gasteiger partial charge in [-0.25, -0.2) is 0 Å². The van der Waals surface area contributed by atoms with Crippen molar-refractivity contribution in [3.63, 3.8) is 0 Å². The fourth-order valence-electron chi connectivity index (χ4n) is 1.61. The van der Waals surface area contributed by atoms with E-state index in [0.29, 0.717) is 11.3 Å². The zero-order valence-corrected chi connectivity index (χ0v) is 10.9. The van der Waals surface area contributed by atoms with E-state index in [1.54, 1.807) is 6.07 Å². The van der Waals surface area contributed by atoms with Crippen molar-refractivity contribution in [3.8, 4) is 5.75 Å². The van der Waals surface area contributed by atoms with Gasteiger partial charge in [-0.1, -0.05) is 0 Å². The molecule has 0 aliphatic heterocycles. The Balaban J connectivity index is 2.69. The molecular weight excluding hydrogens is 263 g/mol. The van der Waals surface area contributed by atoms with Crippen LogP contribution < -0.4 is 10.5 Å². The highest BCUT2D eigenvalue weighted by molar-refractivity contribution is 7.80. The van der Waals surface area contributed by atoms with Gasteiger partial charge in [-0.15, -0.1) is 25.8 Å². The van der Waals surface area contributed by atoms with Crippen molar-refractivity contribution in [2.75, 3.05) is 0 Å². The molecule has 0 unspecified atom stereocenters. The maximum atomic E-state index is 12.1. The Morgan fingerprint density at radius 1 is 1.33 bits per heavy atom. The van der Waals surface area contributed by atoms with Gasteiger partial charge in [0.05, 0.1) is 0 Å². The van der Waals surface area contributed by atoms with E-state index in [-0.39, 0.29) is 11.8 Å². The second kappa shape index (κ2) is 6.33. The molecule has 0 fully saturated rings. The Labute approximate surface area is 110 Å². The van der Waals surface area contributed by atoms with Gasteiger partial charge in [0.2, 0.25) is 0 Å². The lowest BCUT2D eigenvalue weighted by Crippen LogP contribution is -2.17. The number of nitrogens with two attached hydrogens (primary N) is 1. The van der Waals surface area contributed by atoms with Crippen molar-refractivity contribution in [3.05, 3.63) is 23.8 Å². The van der Waals surface area contributed by atoms with Crippen molar-refractivity contribution in [2.45, 2.75) is 43.5 Å². The monoisotopic (exact) mass is 279 g/mol. The van der Waals surface area contributed by atoms with E-state index in [9.17, 15) is 13.2 Å². The van der Waals surface area contributed by atoms with E-state index in [1.165, 1.54) is 12.1 Å². The van der Waals surface area contributed by atoms with Gasteiger partial charge in [0, 0.05) is 10.9 Å². The minimum atomic E-state index is -4.68. The zero-order chi connectivity index (χ0) is 13.8. The molecule has 0 radical (unpaired) electrons. The summed E-state index contributed by atoms with van der Waals surface area (Å²) in [5.41, 5.74) is 6.38. The Morgan fingerprint density at radius 3 is 2.56 bits per heavy atom. The van der Waals surface area contributed by atoms with Gasteiger partial charge < -0.3 is 10.5 Å². The average Bonchev–Trinajstić information content (AvgIpc) is 2.12. The molecule has 102 valence electrons. The summed E-state index contributed by atoms with van der Waals surface area (Å²) in [6.07, 6.45) is -2.37. The summed E-state index contributed by atoms with van der Waals surface area (Å²) in [5, 5.41) is 0. The Hall–Kier alpha value is -0.880. The maximum absolute atomic E-state index is 12.1. The second-order valence-electron chi connectivity index (χ2n) is 4.25. The van der Waals surface area contributed by atoms with Crippen LogP contribution >= 0.6 is 12.6 Å². The standard InChI is InChI=1S/C12H16F3NOS/c1-8(16)3-2-4-9-5-10(7-11(18)6-9)17-12(13,14)15/h5-8,18H,2-4,16H2,1H3/t8-/m0/s1. The van der Waals surface area contributed by atoms with Gasteiger partial charge >= 0.3 is 6.36 Å². The molecule has 0 heterocycles. The van der Waals surface area contributed by atoms with Crippen LogP contribution in [0.25, 0.3) is 0 Å². The van der Waals surface area contributed by atoms with Gasteiger partial charge in [0.1, 0.15) is 5.75 Å². The summed E-state index contributed by atoms with van der Waals surface area (Å²) in [5.74, 6) is -0.231. The predicted molar refractivity (Wildman–Crippen MR) is 67.0 cm³/mol. The van der Waals surface area contributed by atoms with E-state index < -0.39 is 6.36 Å². The topological polar surface area (TPSA) is 35.2 Å². The normalized spacial score (nSPS) is 13.4. The van der Waals surface area contributed by atoms with Crippen LogP contribution in [0.1, 0.15) is 25.3 Å². The number of thiol groups is 1. The van der Waals surface area contributed by atoms with E-state index in [0.717, 1.165) is 18.4 Å². The molecule has 1 atom stereocenters. The van der Waals surface area contributed by atoms with Gasteiger partial charge in [-0.2, -0.15) is 0 Å². The van der Waals surface area contributed by atoms with Crippen LogP contribution in [0.3, 0.4) is 0 Å². The molecule has 0 aliphatic rings. The van der Waals surface area contributed by atoms with Crippen LogP contribution in [0.5, 0.6) is 5.75 Å². The van der Waals surface area contributed by atoms with E-state index in [4.69, 9.17) is 5.73 Å². The number of ether oxygens (including phenoxy) is 1. The van der Waals surface area contributed by atoms with Crippen LogP contribution in [0.15, 0.2) is 23.1 Å². The van der Waals surface area contributed by atoms with Gasteiger partial charge in [0.15, 0.2) is 0 Å². The number of hydrogen-bond acceptors (Lipinski definition) is 3. The molecule has 1 aromatic rings. The van der Waals surface area contributed by atoms with Crippen molar-refractivity contribution in [1.29, 1.82) is 0 Å². The molecule has 18 heavy (non-hydrogen) atoms. The van der Waals surface area contributed by atoms with Gasteiger partial charge in [-0.05, 0) is 49.9 Å². The summed E-state index contributed by atoms with van der Waals surface area (Å²) < 4.78 is 40.2. The molecule has 0 saturated heterocycles. The lowest BCUT2D eigenvalue weighted by Gasteiger charge is -2.11. The third kappa shape index (κ3) is 6.16. The predicted octanol–water partition coefficient (Wildman–Crippen LogP) is 3.54. The first-order valence-corrected chi connectivity index (χ1v) is 6.05. The van der Waals surface area contributed by atoms with Crippen molar-refractivity contribution in [1.82, 2.24) is 0 Å². The zero-order valence-electron chi connectivity index (χ0n) is 10.00. The van der Waals surface area contributed by atoms with E-state index in [2.05, 4.69) is 17.4 Å². The third-order valence-corrected chi connectivity index (χ3v) is 2.57. The van der Waals surface area contributed by atoms with Gasteiger partial charge in [0.25, 0.3) is 0 Å². The van der Waals surface area contributed by atoms with Crippen LogP contribution in [0.4, 0.5) is 13.2 Å². The Morgan fingerprint density at radius 2 is 2.00 bits per heavy atom. The summed E-state index contributed by atoms with van der Waals surface area (Å²) >= 11 is 4.06. The van der Waals surface area contributed by atoms with E-state index >= 15 is 0 Å². The number of benzene rings is 1. The molecule has 0 amide bonds. The Kier molecular flexibility index (Phi) is 5.34. The largest absolute Gasteiger partial charge is 0.573 e. The number of hydrogen-bond donors (Lipinski definition) is 2. The van der Waals surface area contributed by atoms with Crippen LogP contribution in [-0.2, 0) is 6.42 Å². The second-order valence-corrected chi connectivity index (χ2v) is 4.77. The summed E-state index contributed by atoms with van der Waals surface area (Å²) in [6, 6.07) is 4.45. The molecule has 0 saturated carbocycles. The smallest absolute Gasteiger partial charge is 0.406 e. The first kappa shape index (κ1) is 15.2. The average molecular weight is 279 g/mol. The molecule has 1 rings (SSSR count). The number of aryl methyl sites for hydroxylation is 1. The first-order valence-electron chi connectivity index (χ1n) is 5.60. The van der Waals surface area contributed by atoms with Crippen LogP contribution in [0.2, 0.25) is 0 Å². The quantitative estimate of drug-likeness (QED) is 0.809. The molecule has 0 aromatic heterocycles. The number of rotatable bonds is 5. The SMILES string of the molecule is C[C@H](N)CCCc1cc(S)cc(OC(F)(F)F)c1. The van der Waals surface area contributed by atoms with Gasteiger partial charge in [-0.3, -0.25) is 0 Å². The molecule has 0 spiro atoms. The fourth-order valence-corrected chi connectivity index (χ4v) is 1.90. The van der Waals surface area contributed by atoms with Crippen LogP contribution in [0, 0.1) is 0 Å². The molecule has 1 aromatic carbocycles. The highest BCUT2D eigenvalue weighted by Gasteiger charge is 2.31. The molecular formula is C12H16F3NOS. The molecule has 2 nitrogen and oxygen atoms in total. The summed E-state index contributed by atoms with van der Waals surface area (Å²) in [4.78, 5) is 0.451. The Bertz CT molecular complexity index is 393. The molecule has 0 bridgehead atoms. The lowest BCUT2D eigenvalue weighted by atomic mass is 10.1. The molecule has 0 aliphatic carbocycles. The lowest BCUT2D eigenvalue weighted by molar-refractivity contribution is -0.274. The summed E-state index contributed by atoms with van der Waals surface area (Å²) in [7, 11) is 0. The number of halogens is 3. The third-order valence-electron chi connectivity index (χ3n) is 2.31. The summed E-state index contributed by atoms with van der Waals surface area (Å²) in [6.45, 7) is 1.90. The first-order chi connectivity index (χ1) is 8.26. The minimum absolute atomic E-state index is 0.0927. The maximum Gasteiger partial charge on any atom is 0.573 e. The fraction of sp³-hybridized carbons (Fsp3) is 0.500. The van der Waals surface area contributed by atoms with Crippen molar-refractivity contribution < 1.29 is 17.9 Å².